The predicted octanol–water partition coefficient (Wildman–Crippen LogP) is 2.16. The molecule has 1 aromatic heterocycles. The van der Waals surface area contributed by atoms with Crippen LogP contribution >= 0.6 is 22.9 Å². The van der Waals surface area contributed by atoms with Crippen LogP contribution in [0.1, 0.15) is 24.6 Å². The Bertz CT molecular complexity index is 376. The van der Waals surface area contributed by atoms with Crippen molar-refractivity contribution in [1.29, 1.82) is 0 Å². The van der Waals surface area contributed by atoms with Crippen LogP contribution < -0.4 is 10.6 Å². The Morgan fingerprint density at radius 1 is 1.69 bits per heavy atom. The number of carbonyl (C=O) groups is 1. The van der Waals surface area contributed by atoms with Crippen LogP contribution in [0.3, 0.4) is 0 Å². The summed E-state index contributed by atoms with van der Waals surface area (Å²) in [5, 5.41) is 8.81. The van der Waals surface area contributed by atoms with Gasteiger partial charge in [0.25, 0.3) is 0 Å². The molecule has 1 saturated carbocycles. The number of hydrogen-bond acceptors (Lipinski definition) is 3. The Morgan fingerprint density at radius 2 is 2.44 bits per heavy atom. The van der Waals surface area contributed by atoms with E-state index < -0.39 is 0 Å². The van der Waals surface area contributed by atoms with Gasteiger partial charge in [0, 0.05) is 22.8 Å². The first-order chi connectivity index (χ1) is 7.65. The lowest BCUT2D eigenvalue weighted by atomic mass is 10.3. The minimum atomic E-state index is -0.151. The number of thiophene rings is 1. The quantitative estimate of drug-likeness (QED) is 0.850. The third-order valence-electron chi connectivity index (χ3n) is 2.52. The lowest BCUT2D eigenvalue weighted by molar-refractivity contribution is -0.122. The first-order valence-electron chi connectivity index (χ1n) is 5.42. The molecular weight excluding hydrogens is 244 g/mol. The van der Waals surface area contributed by atoms with Crippen molar-refractivity contribution in [2.45, 2.75) is 38.4 Å². The highest BCUT2D eigenvalue weighted by Gasteiger charge is 2.25. The predicted molar refractivity (Wildman–Crippen MR) is 66.8 cm³/mol. The van der Waals surface area contributed by atoms with E-state index in [-0.39, 0.29) is 11.9 Å². The standard InChI is InChI=1S/C11H15ClN2OS/c1-7(11(15)14-9-2-3-9)13-5-10-4-8(12)6-16-10/h4,6-7,9,13H,2-3,5H2,1H3,(H,14,15). The molecule has 88 valence electrons. The van der Waals surface area contributed by atoms with E-state index in [1.807, 2.05) is 18.4 Å². The topological polar surface area (TPSA) is 41.1 Å². The molecule has 1 amide bonds. The van der Waals surface area contributed by atoms with Crippen molar-refractivity contribution in [1.82, 2.24) is 10.6 Å². The summed E-state index contributed by atoms with van der Waals surface area (Å²) >= 11 is 7.42. The zero-order chi connectivity index (χ0) is 11.5. The van der Waals surface area contributed by atoms with Crippen LogP contribution in [0.25, 0.3) is 0 Å². The fraction of sp³-hybridized carbons (Fsp3) is 0.545. The van der Waals surface area contributed by atoms with Gasteiger partial charge >= 0.3 is 0 Å². The summed E-state index contributed by atoms with van der Waals surface area (Å²) in [5.74, 6) is 0.0881. The van der Waals surface area contributed by atoms with Gasteiger partial charge in [-0.2, -0.15) is 0 Å². The molecule has 1 atom stereocenters. The number of amides is 1. The lowest BCUT2D eigenvalue weighted by Gasteiger charge is -2.12. The molecule has 0 spiro atoms. The summed E-state index contributed by atoms with van der Waals surface area (Å²) in [6, 6.07) is 2.19. The van der Waals surface area contributed by atoms with Crippen molar-refractivity contribution < 1.29 is 4.79 Å². The van der Waals surface area contributed by atoms with E-state index in [1.54, 1.807) is 11.3 Å². The average molecular weight is 259 g/mol. The van der Waals surface area contributed by atoms with E-state index in [0.29, 0.717) is 12.6 Å². The van der Waals surface area contributed by atoms with Gasteiger partial charge in [-0.3, -0.25) is 4.79 Å². The number of carbonyl (C=O) groups excluding carboxylic acids is 1. The van der Waals surface area contributed by atoms with Gasteiger partial charge in [0.2, 0.25) is 5.91 Å². The summed E-state index contributed by atoms with van der Waals surface area (Å²) in [6.45, 7) is 2.57. The van der Waals surface area contributed by atoms with Crippen molar-refractivity contribution in [3.63, 3.8) is 0 Å². The summed E-state index contributed by atoms with van der Waals surface area (Å²) < 4.78 is 0. The molecule has 1 aliphatic rings. The zero-order valence-corrected chi connectivity index (χ0v) is 10.7. The SMILES string of the molecule is CC(NCc1cc(Cl)cs1)C(=O)NC1CC1. The normalized spacial score (nSPS) is 17.1. The van der Waals surface area contributed by atoms with E-state index in [1.165, 1.54) is 0 Å². The van der Waals surface area contributed by atoms with Gasteiger partial charge in [-0.25, -0.2) is 0 Å². The van der Waals surface area contributed by atoms with Crippen LogP contribution in [0.4, 0.5) is 0 Å². The van der Waals surface area contributed by atoms with Crippen LogP contribution in [0.2, 0.25) is 5.02 Å². The Hall–Kier alpha value is -0.580. The maximum absolute atomic E-state index is 11.6. The third-order valence-corrected chi connectivity index (χ3v) is 3.81. The zero-order valence-electron chi connectivity index (χ0n) is 9.13. The van der Waals surface area contributed by atoms with Gasteiger partial charge in [-0.05, 0) is 25.8 Å². The molecule has 0 aromatic carbocycles. The molecule has 3 nitrogen and oxygen atoms in total. The third kappa shape index (κ3) is 3.47. The maximum Gasteiger partial charge on any atom is 0.237 e. The van der Waals surface area contributed by atoms with Gasteiger partial charge in [0.15, 0.2) is 0 Å². The highest BCUT2D eigenvalue weighted by atomic mass is 35.5. The summed E-state index contributed by atoms with van der Waals surface area (Å²) in [7, 11) is 0. The summed E-state index contributed by atoms with van der Waals surface area (Å²) in [6.07, 6.45) is 2.25. The minimum Gasteiger partial charge on any atom is -0.352 e. The van der Waals surface area contributed by atoms with Gasteiger partial charge < -0.3 is 10.6 Å². The molecule has 16 heavy (non-hydrogen) atoms. The fourth-order valence-electron chi connectivity index (χ4n) is 1.35. The van der Waals surface area contributed by atoms with E-state index in [9.17, 15) is 4.79 Å². The monoisotopic (exact) mass is 258 g/mol. The van der Waals surface area contributed by atoms with Gasteiger partial charge in [0.05, 0.1) is 11.1 Å². The van der Waals surface area contributed by atoms with Gasteiger partial charge in [0.1, 0.15) is 0 Å². The highest BCUT2D eigenvalue weighted by molar-refractivity contribution is 7.10. The molecule has 1 heterocycles. The fourth-order valence-corrected chi connectivity index (χ4v) is 2.37. The van der Waals surface area contributed by atoms with Crippen LogP contribution in [0, 0.1) is 0 Å². The lowest BCUT2D eigenvalue weighted by Crippen LogP contribution is -2.42. The molecule has 0 saturated heterocycles. The Kier molecular flexibility index (Phi) is 3.84. The molecule has 1 unspecified atom stereocenters. The molecular formula is C11H15ClN2OS. The molecule has 2 rings (SSSR count). The second-order valence-corrected chi connectivity index (χ2v) is 5.55. The second-order valence-electron chi connectivity index (χ2n) is 4.12. The number of rotatable bonds is 5. The summed E-state index contributed by atoms with van der Waals surface area (Å²) in [5.41, 5.74) is 0. The van der Waals surface area contributed by atoms with E-state index in [0.717, 1.165) is 22.7 Å². The first kappa shape index (κ1) is 11.9. The van der Waals surface area contributed by atoms with Crippen molar-refractivity contribution in [3.05, 3.63) is 21.3 Å². The van der Waals surface area contributed by atoms with Crippen molar-refractivity contribution in [2.75, 3.05) is 0 Å². The highest BCUT2D eigenvalue weighted by Crippen LogP contribution is 2.19. The van der Waals surface area contributed by atoms with E-state index in [4.69, 9.17) is 11.6 Å². The largest absolute Gasteiger partial charge is 0.352 e. The molecule has 1 aliphatic carbocycles. The molecule has 0 bridgehead atoms. The molecule has 1 aromatic rings. The van der Waals surface area contributed by atoms with Crippen LogP contribution in [-0.2, 0) is 11.3 Å². The molecule has 1 fully saturated rings. The van der Waals surface area contributed by atoms with E-state index in [2.05, 4.69) is 10.6 Å². The van der Waals surface area contributed by atoms with Crippen LogP contribution in [0.15, 0.2) is 11.4 Å². The smallest absolute Gasteiger partial charge is 0.237 e. The number of hydrogen-bond donors (Lipinski definition) is 2. The van der Waals surface area contributed by atoms with E-state index >= 15 is 0 Å². The Balaban J connectivity index is 1.73. The number of nitrogens with one attached hydrogen (secondary N) is 2. The van der Waals surface area contributed by atoms with Gasteiger partial charge in [-0.15, -0.1) is 11.3 Å². The first-order valence-corrected chi connectivity index (χ1v) is 6.67. The molecule has 0 radical (unpaired) electrons. The van der Waals surface area contributed by atoms with Crippen molar-refractivity contribution >= 4 is 28.8 Å². The molecule has 0 aliphatic heterocycles. The summed E-state index contributed by atoms with van der Waals surface area (Å²) in [4.78, 5) is 12.8. The average Bonchev–Trinajstić information content (AvgIpc) is 2.96. The number of halogens is 1. The van der Waals surface area contributed by atoms with Gasteiger partial charge in [-0.1, -0.05) is 11.6 Å². The maximum atomic E-state index is 11.6. The molecule has 2 N–H and O–H groups in total. The Morgan fingerprint density at radius 3 is 3.00 bits per heavy atom. The van der Waals surface area contributed by atoms with Crippen LogP contribution in [-0.4, -0.2) is 18.0 Å². The second kappa shape index (κ2) is 5.17. The molecule has 5 heteroatoms. The van der Waals surface area contributed by atoms with Crippen molar-refractivity contribution in [2.24, 2.45) is 0 Å². The van der Waals surface area contributed by atoms with Crippen molar-refractivity contribution in [3.8, 4) is 0 Å². The van der Waals surface area contributed by atoms with Crippen LogP contribution in [0.5, 0.6) is 0 Å². The Labute approximate surface area is 104 Å². The minimum absolute atomic E-state index is 0.0881.